The molecule has 0 aliphatic carbocycles. The Hall–Kier alpha value is -3.22. The average Bonchev–Trinajstić information content (AvgIpc) is 3.11. The highest BCUT2D eigenvalue weighted by molar-refractivity contribution is 6.05. The minimum atomic E-state index is -0.210. The summed E-state index contributed by atoms with van der Waals surface area (Å²) in [5.41, 5.74) is 3.16. The molecule has 7 heteroatoms. The van der Waals surface area contributed by atoms with Crippen LogP contribution in [0.4, 0.5) is 5.82 Å². The van der Waals surface area contributed by atoms with Crippen LogP contribution in [0, 0.1) is 6.92 Å². The molecule has 0 radical (unpaired) electrons. The first kappa shape index (κ1) is 13.4. The molecule has 0 bridgehead atoms. The predicted octanol–water partition coefficient (Wildman–Crippen LogP) is 2.18. The van der Waals surface area contributed by atoms with Crippen LogP contribution in [0.5, 0.6) is 0 Å². The minimum absolute atomic E-state index is 0.210. The van der Waals surface area contributed by atoms with Crippen molar-refractivity contribution >= 4 is 28.3 Å². The maximum atomic E-state index is 12.4. The van der Waals surface area contributed by atoms with Crippen molar-refractivity contribution in [3.63, 3.8) is 0 Å². The molecule has 114 valence electrons. The number of amides is 1. The van der Waals surface area contributed by atoms with E-state index in [9.17, 15) is 4.79 Å². The summed E-state index contributed by atoms with van der Waals surface area (Å²) in [6.07, 6.45) is 6.83. The molecular weight excluding hydrogens is 292 g/mol. The summed E-state index contributed by atoms with van der Waals surface area (Å²) in [5.74, 6) is 0.263. The Morgan fingerprint density at radius 1 is 1.26 bits per heavy atom. The first-order valence-corrected chi connectivity index (χ1v) is 7.15. The fourth-order valence-corrected chi connectivity index (χ4v) is 2.66. The summed E-state index contributed by atoms with van der Waals surface area (Å²) in [7, 11) is 1.87. The van der Waals surface area contributed by atoms with Crippen molar-refractivity contribution in [1.82, 2.24) is 24.1 Å². The zero-order chi connectivity index (χ0) is 16.0. The van der Waals surface area contributed by atoms with Crippen LogP contribution in [-0.2, 0) is 7.05 Å². The first-order valence-electron chi connectivity index (χ1n) is 7.15. The van der Waals surface area contributed by atoms with E-state index in [0.29, 0.717) is 11.4 Å². The molecule has 1 aromatic carbocycles. The van der Waals surface area contributed by atoms with E-state index in [1.807, 2.05) is 26.1 Å². The van der Waals surface area contributed by atoms with Crippen molar-refractivity contribution < 1.29 is 4.79 Å². The number of fused-ring (bicyclic) bond motifs is 2. The highest BCUT2D eigenvalue weighted by atomic mass is 16.1. The number of carbonyl (C=O) groups excluding carboxylic acids is 1. The lowest BCUT2D eigenvalue weighted by molar-refractivity contribution is 0.102. The van der Waals surface area contributed by atoms with Crippen LogP contribution in [0.1, 0.15) is 16.1 Å². The number of imidazole rings is 1. The number of nitrogens with zero attached hydrogens (tertiary/aromatic N) is 5. The molecule has 0 aliphatic heterocycles. The molecule has 0 aliphatic rings. The molecule has 3 heterocycles. The Morgan fingerprint density at radius 3 is 3.00 bits per heavy atom. The molecule has 4 rings (SSSR count). The number of rotatable bonds is 2. The molecule has 0 unspecified atom stereocenters. The molecule has 0 fully saturated rings. The Bertz CT molecular complexity index is 1050. The normalized spacial score (nSPS) is 11.2. The Morgan fingerprint density at radius 2 is 2.13 bits per heavy atom. The van der Waals surface area contributed by atoms with Gasteiger partial charge in [0, 0.05) is 30.4 Å². The topological polar surface area (TPSA) is 77.1 Å². The molecule has 3 aromatic heterocycles. The van der Waals surface area contributed by atoms with E-state index in [0.717, 1.165) is 22.2 Å². The highest BCUT2D eigenvalue weighted by Crippen LogP contribution is 2.19. The van der Waals surface area contributed by atoms with E-state index < -0.39 is 0 Å². The number of nitrogens with one attached hydrogen (secondary N) is 1. The molecule has 23 heavy (non-hydrogen) atoms. The number of aromatic nitrogens is 5. The van der Waals surface area contributed by atoms with Gasteiger partial charge in [-0.3, -0.25) is 9.48 Å². The summed E-state index contributed by atoms with van der Waals surface area (Å²) in [6.45, 7) is 1.95. The van der Waals surface area contributed by atoms with E-state index in [4.69, 9.17) is 0 Å². The largest absolute Gasteiger partial charge is 0.305 e. The predicted molar refractivity (Wildman–Crippen MR) is 86.4 cm³/mol. The molecule has 0 spiro atoms. The third-order valence-corrected chi connectivity index (χ3v) is 3.82. The lowest BCUT2D eigenvalue weighted by Crippen LogP contribution is -2.13. The third-order valence-electron chi connectivity index (χ3n) is 3.82. The van der Waals surface area contributed by atoms with Crippen molar-refractivity contribution in [2.45, 2.75) is 6.92 Å². The molecular formula is C16H14N6O. The van der Waals surface area contributed by atoms with Crippen LogP contribution in [-0.4, -0.2) is 30.1 Å². The van der Waals surface area contributed by atoms with E-state index in [-0.39, 0.29) is 5.91 Å². The summed E-state index contributed by atoms with van der Waals surface area (Å²) >= 11 is 0. The zero-order valence-electron chi connectivity index (χ0n) is 12.7. The first-order chi connectivity index (χ1) is 11.1. The van der Waals surface area contributed by atoms with E-state index >= 15 is 0 Å². The number of hydrogen-bond acceptors (Lipinski definition) is 4. The quantitative estimate of drug-likeness (QED) is 0.616. The van der Waals surface area contributed by atoms with Gasteiger partial charge in [0.25, 0.3) is 5.91 Å². The van der Waals surface area contributed by atoms with Crippen LogP contribution >= 0.6 is 0 Å². The monoisotopic (exact) mass is 306 g/mol. The Labute approximate surface area is 131 Å². The minimum Gasteiger partial charge on any atom is -0.305 e. The van der Waals surface area contributed by atoms with Crippen LogP contribution in [0.15, 0.2) is 43.0 Å². The second-order valence-electron chi connectivity index (χ2n) is 5.36. The van der Waals surface area contributed by atoms with Gasteiger partial charge in [-0.25, -0.2) is 9.97 Å². The molecule has 0 saturated heterocycles. The van der Waals surface area contributed by atoms with Crippen LogP contribution in [0.2, 0.25) is 0 Å². The number of anilines is 1. The summed E-state index contributed by atoms with van der Waals surface area (Å²) in [6, 6.07) is 5.54. The lowest BCUT2D eigenvalue weighted by atomic mass is 10.1. The van der Waals surface area contributed by atoms with Crippen molar-refractivity contribution in [3.8, 4) is 0 Å². The van der Waals surface area contributed by atoms with Crippen molar-refractivity contribution in [1.29, 1.82) is 0 Å². The summed E-state index contributed by atoms with van der Waals surface area (Å²) in [5, 5.41) is 8.21. The fraction of sp³-hybridized carbons (Fsp3) is 0.125. The zero-order valence-corrected chi connectivity index (χ0v) is 12.7. The number of benzene rings is 1. The maximum Gasteiger partial charge on any atom is 0.256 e. The Kier molecular flexibility index (Phi) is 2.87. The van der Waals surface area contributed by atoms with Crippen molar-refractivity contribution in [2.75, 3.05) is 5.32 Å². The highest BCUT2D eigenvalue weighted by Gasteiger charge is 2.11. The number of aryl methyl sites for hydroxylation is 2. The second kappa shape index (κ2) is 4.91. The summed E-state index contributed by atoms with van der Waals surface area (Å²) < 4.78 is 3.58. The lowest BCUT2D eigenvalue weighted by Gasteiger charge is -2.05. The van der Waals surface area contributed by atoms with Gasteiger partial charge < -0.3 is 9.72 Å². The van der Waals surface area contributed by atoms with Crippen LogP contribution < -0.4 is 5.32 Å². The molecule has 7 nitrogen and oxygen atoms in total. The van der Waals surface area contributed by atoms with Gasteiger partial charge in [0.05, 0.1) is 23.6 Å². The van der Waals surface area contributed by atoms with Crippen LogP contribution in [0.25, 0.3) is 16.6 Å². The summed E-state index contributed by atoms with van der Waals surface area (Å²) in [4.78, 5) is 20.8. The van der Waals surface area contributed by atoms with Crippen LogP contribution in [0.3, 0.4) is 0 Å². The number of hydrogen-bond donors (Lipinski definition) is 1. The fourth-order valence-electron chi connectivity index (χ4n) is 2.66. The van der Waals surface area contributed by atoms with Crippen molar-refractivity contribution in [3.05, 3.63) is 54.2 Å². The molecule has 0 atom stereocenters. The van der Waals surface area contributed by atoms with E-state index in [1.54, 1.807) is 39.9 Å². The maximum absolute atomic E-state index is 12.4. The Balaban J connectivity index is 1.66. The van der Waals surface area contributed by atoms with Gasteiger partial charge in [-0.1, -0.05) is 6.07 Å². The van der Waals surface area contributed by atoms with Crippen molar-refractivity contribution in [2.24, 2.45) is 7.05 Å². The van der Waals surface area contributed by atoms with Gasteiger partial charge in [-0.15, -0.1) is 0 Å². The molecule has 4 aromatic rings. The number of carbonyl (C=O) groups is 1. The molecule has 0 saturated carbocycles. The average molecular weight is 306 g/mol. The molecule has 1 amide bonds. The standard InChI is InChI=1S/C16H14N6O/c1-10-12-4-3-11(7-13(12)21(2)20-10)16(23)19-14-9-22-6-5-17-15(22)8-18-14/h3-9H,1-2H3,(H,19,23). The second-order valence-corrected chi connectivity index (χ2v) is 5.36. The SMILES string of the molecule is Cc1nn(C)c2cc(C(=O)Nc3cn4ccnc4cn3)ccc12. The van der Waals surface area contributed by atoms with Gasteiger partial charge >= 0.3 is 0 Å². The van der Waals surface area contributed by atoms with Gasteiger partial charge in [0.15, 0.2) is 5.65 Å². The van der Waals surface area contributed by atoms with Gasteiger partial charge in [-0.2, -0.15) is 5.10 Å². The van der Waals surface area contributed by atoms with E-state index in [1.165, 1.54) is 0 Å². The van der Waals surface area contributed by atoms with Gasteiger partial charge in [0.2, 0.25) is 0 Å². The molecule has 1 N–H and O–H groups in total. The van der Waals surface area contributed by atoms with Gasteiger partial charge in [-0.05, 0) is 19.1 Å². The van der Waals surface area contributed by atoms with Gasteiger partial charge in [0.1, 0.15) is 5.82 Å². The van der Waals surface area contributed by atoms with E-state index in [2.05, 4.69) is 20.4 Å². The third kappa shape index (κ3) is 2.22. The smallest absolute Gasteiger partial charge is 0.256 e.